The van der Waals surface area contributed by atoms with Gasteiger partial charge in [-0.2, -0.15) is 10.5 Å². The largest absolute Gasteiger partial charge is 0.457 e. The quantitative estimate of drug-likeness (QED) is 0.590. The molecule has 11 heteroatoms. The summed E-state index contributed by atoms with van der Waals surface area (Å²) in [6, 6.07) is 5.17. The predicted molar refractivity (Wildman–Crippen MR) is 91.7 cm³/mol. The maximum absolute atomic E-state index is 14.2. The van der Waals surface area contributed by atoms with Gasteiger partial charge >= 0.3 is 0 Å². The van der Waals surface area contributed by atoms with Gasteiger partial charge < -0.3 is 9.84 Å². The van der Waals surface area contributed by atoms with Crippen LogP contribution >= 0.6 is 0 Å². The van der Waals surface area contributed by atoms with Crippen LogP contribution in [0.3, 0.4) is 0 Å². The second-order valence-corrected chi connectivity index (χ2v) is 8.25. The Morgan fingerprint density at radius 3 is 2.66 bits per heavy atom. The Kier molecular flexibility index (Phi) is 5.22. The number of rotatable bonds is 4. The molecule has 0 bridgehead atoms. The maximum atomic E-state index is 14.2. The third kappa shape index (κ3) is 3.62. The van der Waals surface area contributed by atoms with Crippen molar-refractivity contribution in [1.29, 1.82) is 10.5 Å². The Hall–Kier alpha value is -3.15. The summed E-state index contributed by atoms with van der Waals surface area (Å²) in [5, 5.41) is 27.6. The molecular weight excluding hydrogens is 414 g/mol. The van der Waals surface area contributed by atoms with E-state index in [-0.39, 0.29) is 22.6 Å². The lowest BCUT2D eigenvalue weighted by molar-refractivity contribution is -0.0976. The van der Waals surface area contributed by atoms with Crippen LogP contribution in [0.5, 0.6) is 11.5 Å². The van der Waals surface area contributed by atoms with Crippen LogP contribution in [0.2, 0.25) is 0 Å². The zero-order valence-electron chi connectivity index (χ0n) is 14.4. The monoisotopic (exact) mass is 425 g/mol. The molecule has 0 saturated heterocycles. The number of aliphatic hydroxyl groups is 1. The molecule has 0 amide bonds. The van der Waals surface area contributed by atoms with E-state index in [9.17, 15) is 26.9 Å². The molecule has 3 rings (SSSR count). The van der Waals surface area contributed by atoms with Gasteiger partial charge in [-0.3, -0.25) is 0 Å². The molecule has 0 aliphatic heterocycles. The van der Waals surface area contributed by atoms with Crippen molar-refractivity contribution in [2.24, 2.45) is 4.36 Å². The zero-order chi connectivity index (χ0) is 21.4. The van der Waals surface area contributed by atoms with Crippen LogP contribution in [0.15, 0.2) is 39.6 Å². The molecule has 150 valence electrons. The van der Waals surface area contributed by atoms with Gasteiger partial charge in [-0.1, -0.05) is 0 Å². The molecule has 1 N–H and O–H groups in total. The summed E-state index contributed by atoms with van der Waals surface area (Å²) in [7, 11) is -4.03. The predicted octanol–water partition coefficient (Wildman–Crippen LogP) is 3.95. The molecule has 1 aliphatic rings. The van der Waals surface area contributed by atoms with Crippen LogP contribution in [0, 0.1) is 28.6 Å². The number of halogens is 4. The number of hydrogen-bond donors (Lipinski definition) is 1. The van der Waals surface area contributed by atoms with Crippen molar-refractivity contribution >= 4 is 9.73 Å². The molecule has 6 nitrogen and oxygen atoms in total. The molecule has 0 spiro atoms. The third-order valence-electron chi connectivity index (χ3n) is 4.27. The van der Waals surface area contributed by atoms with E-state index in [1.54, 1.807) is 6.07 Å². The average Bonchev–Trinajstić information content (AvgIpc) is 2.91. The van der Waals surface area contributed by atoms with E-state index in [1.807, 2.05) is 0 Å². The van der Waals surface area contributed by atoms with Gasteiger partial charge in [0.1, 0.15) is 33.1 Å². The summed E-state index contributed by atoms with van der Waals surface area (Å²) in [5.41, 5.74) is -0.907. The first-order chi connectivity index (χ1) is 13.6. The van der Waals surface area contributed by atoms with Gasteiger partial charge in [-0.15, -0.1) is 4.36 Å². The average molecular weight is 425 g/mol. The molecule has 2 aromatic rings. The molecule has 1 aliphatic carbocycles. The Labute approximate surface area is 162 Å². The minimum atomic E-state index is -4.03. The first-order valence-electron chi connectivity index (χ1n) is 7.94. The van der Waals surface area contributed by atoms with Gasteiger partial charge in [-0.25, -0.2) is 21.8 Å². The number of fused-ring (bicyclic) bond motifs is 1. The molecule has 2 aromatic carbocycles. The highest BCUT2D eigenvalue weighted by Crippen LogP contribution is 2.50. The van der Waals surface area contributed by atoms with Gasteiger partial charge in [-0.05, 0) is 24.3 Å². The van der Waals surface area contributed by atoms with Crippen molar-refractivity contribution in [2.75, 3.05) is 6.01 Å². The maximum Gasteiger partial charge on any atom is 0.281 e. The summed E-state index contributed by atoms with van der Waals surface area (Å²) in [5.74, 6) is -4.88. The van der Waals surface area contributed by atoms with Gasteiger partial charge in [0.25, 0.3) is 5.92 Å². The third-order valence-corrected chi connectivity index (χ3v) is 5.98. The van der Waals surface area contributed by atoms with Crippen molar-refractivity contribution in [1.82, 2.24) is 0 Å². The van der Waals surface area contributed by atoms with E-state index in [0.29, 0.717) is 0 Å². The van der Waals surface area contributed by atoms with Crippen molar-refractivity contribution in [3.63, 3.8) is 0 Å². The fraction of sp³-hybridized carbons (Fsp3) is 0.222. The number of alkyl halides is 3. The minimum Gasteiger partial charge on any atom is -0.457 e. The number of aliphatic hydroxyl groups excluding tert-OH is 1. The van der Waals surface area contributed by atoms with Crippen LogP contribution in [0.4, 0.5) is 17.6 Å². The Bertz CT molecular complexity index is 1190. The Morgan fingerprint density at radius 1 is 1.31 bits per heavy atom. The van der Waals surface area contributed by atoms with E-state index < -0.39 is 50.5 Å². The molecule has 0 heterocycles. The van der Waals surface area contributed by atoms with E-state index in [2.05, 4.69) is 4.36 Å². The molecule has 29 heavy (non-hydrogen) atoms. The van der Waals surface area contributed by atoms with Crippen LogP contribution in [0.25, 0.3) is 0 Å². The summed E-state index contributed by atoms with van der Waals surface area (Å²) < 4.78 is 76.5. The second-order valence-electron chi connectivity index (χ2n) is 6.12. The highest BCUT2D eigenvalue weighted by Gasteiger charge is 2.50. The van der Waals surface area contributed by atoms with Gasteiger partial charge in [0.05, 0.1) is 16.5 Å². The summed E-state index contributed by atoms with van der Waals surface area (Å²) in [6.07, 6.45) is -2.26. The van der Waals surface area contributed by atoms with Crippen LogP contribution in [-0.4, -0.2) is 21.2 Å². The molecule has 2 atom stereocenters. The molecule has 0 aromatic heterocycles. The second kappa shape index (κ2) is 7.35. The van der Waals surface area contributed by atoms with Gasteiger partial charge in [0, 0.05) is 23.6 Å². The van der Waals surface area contributed by atoms with Crippen LogP contribution in [-0.2, 0) is 16.1 Å². The normalized spacial score (nSPS) is 18.8. The summed E-state index contributed by atoms with van der Waals surface area (Å²) in [4.78, 5) is -0.537. The molecule has 0 radical (unpaired) electrons. The minimum absolute atomic E-state index is 0.0769. The van der Waals surface area contributed by atoms with E-state index in [0.717, 1.165) is 24.3 Å². The smallest absolute Gasteiger partial charge is 0.281 e. The summed E-state index contributed by atoms with van der Waals surface area (Å²) >= 11 is 0. The lowest BCUT2D eigenvalue weighted by atomic mass is 10.1. The van der Waals surface area contributed by atoms with Gasteiger partial charge in [0.15, 0.2) is 6.01 Å². The first kappa shape index (κ1) is 20.6. The van der Waals surface area contributed by atoms with Gasteiger partial charge in [0.2, 0.25) is 6.19 Å². The summed E-state index contributed by atoms with van der Waals surface area (Å²) in [6.45, 7) is 0. The number of nitriles is 2. The zero-order valence-corrected chi connectivity index (χ0v) is 15.2. The van der Waals surface area contributed by atoms with Crippen molar-refractivity contribution in [3.8, 4) is 23.8 Å². The van der Waals surface area contributed by atoms with E-state index in [1.165, 1.54) is 12.3 Å². The van der Waals surface area contributed by atoms with Crippen LogP contribution < -0.4 is 4.74 Å². The van der Waals surface area contributed by atoms with Crippen molar-refractivity contribution < 1.29 is 31.6 Å². The topological polar surface area (TPSA) is 106 Å². The standard InChI is InChI=1S/C18H11F4N3O3S/c19-8-29(27,25-9-24)15-2-1-14(13-6-18(21,22)17(26)16(13)15)28-12-4-10(7-23)3-11(20)5-12/h1-5,17,26H,6,8H2/t17-,29+/m0/s1. The Balaban J connectivity index is 2.20. The Morgan fingerprint density at radius 2 is 2.03 bits per heavy atom. The SMILES string of the molecule is N#CN=[S@@](=O)(CF)c1ccc(Oc2cc(F)cc(C#N)c2)c2c1[C@H](O)C(F)(F)C2. The molecule has 0 fully saturated rings. The van der Waals surface area contributed by atoms with Crippen molar-refractivity contribution in [2.45, 2.75) is 23.3 Å². The fourth-order valence-corrected chi connectivity index (χ4v) is 4.29. The number of benzene rings is 2. The highest BCUT2D eigenvalue weighted by atomic mass is 32.2. The number of ether oxygens (including phenoxy) is 1. The lowest BCUT2D eigenvalue weighted by Crippen LogP contribution is -2.22. The first-order valence-corrected chi connectivity index (χ1v) is 9.62. The molecular formula is C18H11F4N3O3S. The highest BCUT2D eigenvalue weighted by molar-refractivity contribution is 7.93. The number of nitrogens with zero attached hydrogens (tertiary/aromatic N) is 3. The van der Waals surface area contributed by atoms with E-state index >= 15 is 0 Å². The molecule has 0 saturated carbocycles. The molecule has 0 unspecified atom stereocenters. The number of hydrogen-bond acceptors (Lipinski definition) is 6. The van der Waals surface area contributed by atoms with E-state index in [4.69, 9.17) is 15.3 Å². The fourth-order valence-electron chi connectivity index (χ4n) is 3.03. The van der Waals surface area contributed by atoms with Crippen LogP contribution in [0.1, 0.15) is 22.8 Å². The lowest BCUT2D eigenvalue weighted by Gasteiger charge is -2.17. The van der Waals surface area contributed by atoms with Crippen molar-refractivity contribution in [3.05, 3.63) is 52.8 Å².